The van der Waals surface area contributed by atoms with Crippen LogP contribution >= 0.6 is 0 Å². The van der Waals surface area contributed by atoms with E-state index in [0.717, 1.165) is 30.6 Å². The maximum atomic E-state index is 12.2. The van der Waals surface area contributed by atoms with E-state index in [9.17, 15) is 4.79 Å². The molecule has 3 rings (SSSR count). The molecule has 0 aromatic carbocycles. The van der Waals surface area contributed by atoms with E-state index in [1.807, 2.05) is 32.4 Å². The summed E-state index contributed by atoms with van der Waals surface area (Å²) in [7, 11) is 1.90. The second kappa shape index (κ2) is 6.36. The maximum absolute atomic E-state index is 12.2. The van der Waals surface area contributed by atoms with Gasteiger partial charge in [-0.25, -0.2) is 0 Å². The lowest BCUT2D eigenvalue weighted by atomic mass is 9.91. The highest BCUT2D eigenvalue weighted by atomic mass is 16.5. The number of hydrogen-bond acceptors (Lipinski definition) is 3. The number of nitrogens with one attached hydrogen (secondary N) is 2. The fourth-order valence-electron chi connectivity index (χ4n) is 3.01. The molecule has 0 radical (unpaired) electrons. The zero-order valence-electron chi connectivity index (χ0n) is 13.0. The van der Waals surface area contributed by atoms with Gasteiger partial charge in [0.1, 0.15) is 5.69 Å². The van der Waals surface area contributed by atoms with Crippen molar-refractivity contribution in [2.75, 3.05) is 13.2 Å². The molecule has 1 amide bonds. The van der Waals surface area contributed by atoms with Crippen LogP contribution in [-0.4, -0.2) is 33.8 Å². The fourth-order valence-corrected chi connectivity index (χ4v) is 3.01. The third-order valence-corrected chi connectivity index (χ3v) is 4.21. The fraction of sp³-hybridized carbons (Fsp3) is 0.500. The molecule has 0 bridgehead atoms. The van der Waals surface area contributed by atoms with Gasteiger partial charge in [0, 0.05) is 44.1 Å². The van der Waals surface area contributed by atoms with Gasteiger partial charge in [0.2, 0.25) is 0 Å². The van der Waals surface area contributed by atoms with E-state index >= 15 is 0 Å². The van der Waals surface area contributed by atoms with Crippen LogP contribution in [0, 0.1) is 12.8 Å². The van der Waals surface area contributed by atoms with Crippen molar-refractivity contribution in [3.05, 3.63) is 41.5 Å². The topological polar surface area (TPSA) is 71.9 Å². The molecule has 22 heavy (non-hydrogen) atoms. The van der Waals surface area contributed by atoms with Gasteiger partial charge >= 0.3 is 0 Å². The van der Waals surface area contributed by atoms with Crippen LogP contribution in [0.25, 0.3) is 0 Å². The molecule has 118 valence electrons. The van der Waals surface area contributed by atoms with Gasteiger partial charge in [0.05, 0.1) is 12.3 Å². The van der Waals surface area contributed by atoms with E-state index in [1.165, 1.54) is 0 Å². The molecule has 2 atom stereocenters. The summed E-state index contributed by atoms with van der Waals surface area (Å²) >= 11 is 0. The standard InChI is InChI=1S/C16H22N4O2/c1-11-5-6-17-14(11)16(21)18-8-12-4-3-7-22-15(12)13-9-19-20(2)10-13/h5-6,9-10,12,15,17H,3-4,7-8H2,1-2H3,(H,18,21)/t12-,15+/m0/s1. The number of H-pyrrole nitrogens is 1. The average Bonchev–Trinajstić information content (AvgIpc) is 3.13. The SMILES string of the molecule is Cc1cc[nH]c1C(=O)NC[C@@H]1CCCO[C@H]1c1cnn(C)c1. The second-order valence-corrected chi connectivity index (χ2v) is 5.89. The zero-order valence-corrected chi connectivity index (χ0v) is 13.0. The van der Waals surface area contributed by atoms with Gasteiger partial charge < -0.3 is 15.0 Å². The third kappa shape index (κ3) is 3.06. The molecular weight excluding hydrogens is 280 g/mol. The van der Waals surface area contributed by atoms with Crippen molar-refractivity contribution in [3.63, 3.8) is 0 Å². The molecule has 6 nitrogen and oxygen atoms in total. The van der Waals surface area contributed by atoms with Gasteiger partial charge in [-0.15, -0.1) is 0 Å². The molecule has 1 aliphatic rings. The molecule has 6 heteroatoms. The van der Waals surface area contributed by atoms with Crippen LogP contribution in [0.15, 0.2) is 24.7 Å². The molecule has 2 N–H and O–H groups in total. The average molecular weight is 302 g/mol. The Morgan fingerprint density at radius 2 is 2.45 bits per heavy atom. The number of aromatic amines is 1. The number of hydrogen-bond donors (Lipinski definition) is 2. The van der Waals surface area contributed by atoms with Crippen LogP contribution < -0.4 is 5.32 Å². The van der Waals surface area contributed by atoms with Crippen molar-refractivity contribution in [1.29, 1.82) is 0 Å². The van der Waals surface area contributed by atoms with Gasteiger partial charge in [-0.3, -0.25) is 9.48 Å². The van der Waals surface area contributed by atoms with Crippen LogP contribution in [0.4, 0.5) is 0 Å². The van der Waals surface area contributed by atoms with Gasteiger partial charge in [0.15, 0.2) is 0 Å². The van der Waals surface area contributed by atoms with Crippen molar-refractivity contribution in [3.8, 4) is 0 Å². The minimum Gasteiger partial charge on any atom is -0.373 e. The molecule has 1 saturated heterocycles. The minimum atomic E-state index is -0.0574. The van der Waals surface area contributed by atoms with Crippen molar-refractivity contribution in [1.82, 2.24) is 20.1 Å². The highest BCUT2D eigenvalue weighted by Gasteiger charge is 2.29. The molecule has 2 aromatic rings. The van der Waals surface area contributed by atoms with E-state index in [0.29, 0.717) is 12.2 Å². The Hall–Kier alpha value is -2.08. The first kappa shape index (κ1) is 14.8. The van der Waals surface area contributed by atoms with E-state index < -0.39 is 0 Å². The quantitative estimate of drug-likeness (QED) is 0.907. The Morgan fingerprint density at radius 3 is 3.14 bits per heavy atom. The number of carbonyl (C=O) groups is 1. The van der Waals surface area contributed by atoms with Crippen molar-refractivity contribution in [2.45, 2.75) is 25.9 Å². The van der Waals surface area contributed by atoms with Crippen LogP contribution in [-0.2, 0) is 11.8 Å². The van der Waals surface area contributed by atoms with Crippen LogP contribution in [0.1, 0.15) is 40.6 Å². The lowest BCUT2D eigenvalue weighted by Gasteiger charge is -2.31. The summed E-state index contributed by atoms with van der Waals surface area (Å²) in [6.45, 7) is 3.30. The zero-order chi connectivity index (χ0) is 15.5. The Bertz CT molecular complexity index is 646. The maximum Gasteiger partial charge on any atom is 0.267 e. The molecular formula is C16H22N4O2. The molecule has 1 fully saturated rings. The number of aromatic nitrogens is 3. The lowest BCUT2D eigenvalue weighted by molar-refractivity contribution is -0.0273. The third-order valence-electron chi connectivity index (χ3n) is 4.21. The smallest absolute Gasteiger partial charge is 0.267 e. The summed E-state index contributed by atoms with van der Waals surface area (Å²) in [6.07, 6.45) is 7.70. The van der Waals surface area contributed by atoms with E-state index in [-0.39, 0.29) is 17.9 Å². The summed E-state index contributed by atoms with van der Waals surface area (Å²) in [6, 6.07) is 1.90. The van der Waals surface area contributed by atoms with Crippen molar-refractivity contribution >= 4 is 5.91 Å². The van der Waals surface area contributed by atoms with Crippen LogP contribution in [0.3, 0.4) is 0 Å². The second-order valence-electron chi connectivity index (χ2n) is 5.89. The summed E-state index contributed by atoms with van der Waals surface area (Å²) in [5, 5.41) is 7.24. The largest absolute Gasteiger partial charge is 0.373 e. The lowest BCUT2D eigenvalue weighted by Crippen LogP contribution is -2.35. The summed E-state index contributed by atoms with van der Waals surface area (Å²) in [5.74, 6) is 0.218. The van der Waals surface area contributed by atoms with Crippen molar-refractivity contribution in [2.24, 2.45) is 13.0 Å². The minimum absolute atomic E-state index is 0.00693. The first-order valence-electron chi connectivity index (χ1n) is 7.67. The van der Waals surface area contributed by atoms with E-state index in [1.54, 1.807) is 10.9 Å². The van der Waals surface area contributed by atoms with Crippen LogP contribution in [0.2, 0.25) is 0 Å². The van der Waals surface area contributed by atoms with E-state index in [4.69, 9.17) is 4.74 Å². The van der Waals surface area contributed by atoms with Gasteiger partial charge in [-0.2, -0.15) is 5.10 Å². The Labute approximate surface area is 129 Å². The monoisotopic (exact) mass is 302 g/mol. The predicted molar refractivity (Wildman–Crippen MR) is 82.5 cm³/mol. The molecule has 0 aliphatic carbocycles. The number of carbonyl (C=O) groups excluding carboxylic acids is 1. The number of aryl methyl sites for hydroxylation is 2. The van der Waals surface area contributed by atoms with Gasteiger partial charge in [-0.1, -0.05) is 0 Å². The Kier molecular flexibility index (Phi) is 4.29. The van der Waals surface area contributed by atoms with E-state index in [2.05, 4.69) is 15.4 Å². The summed E-state index contributed by atoms with van der Waals surface area (Å²) in [4.78, 5) is 15.2. The molecule has 0 saturated carbocycles. The predicted octanol–water partition coefficient (Wildman–Crippen LogP) is 1.95. The first-order chi connectivity index (χ1) is 10.6. The van der Waals surface area contributed by atoms with Crippen molar-refractivity contribution < 1.29 is 9.53 Å². The van der Waals surface area contributed by atoms with Crippen LogP contribution in [0.5, 0.6) is 0 Å². The highest BCUT2D eigenvalue weighted by molar-refractivity contribution is 5.93. The molecule has 2 aromatic heterocycles. The molecule has 3 heterocycles. The Morgan fingerprint density at radius 1 is 1.59 bits per heavy atom. The number of amides is 1. The number of rotatable bonds is 4. The van der Waals surface area contributed by atoms with Gasteiger partial charge in [-0.05, 0) is 31.4 Å². The first-order valence-corrected chi connectivity index (χ1v) is 7.67. The molecule has 0 spiro atoms. The molecule has 0 unspecified atom stereocenters. The normalized spacial score (nSPS) is 21.7. The summed E-state index contributed by atoms with van der Waals surface area (Å²) < 4.78 is 7.71. The summed E-state index contributed by atoms with van der Waals surface area (Å²) in [5.41, 5.74) is 2.67. The van der Waals surface area contributed by atoms with Gasteiger partial charge in [0.25, 0.3) is 5.91 Å². The number of nitrogens with zero attached hydrogens (tertiary/aromatic N) is 2. The number of ether oxygens (including phenoxy) is 1. The Balaban J connectivity index is 1.65. The highest BCUT2D eigenvalue weighted by Crippen LogP contribution is 2.32. The molecule has 1 aliphatic heterocycles.